The number of thioether (sulfide) groups is 1. The molecule has 2 aromatic rings. The molecule has 0 aliphatic carbocycles. The molecule has 0 atom stereocenters. The van der Waals surface area contributed by atoms with Crippen LogP contribution in [0.2, 0.25) is 0 Å². The molecule has 0 aromatic heterocycles. The zero-order valence-corrected chi connectivity index (χ0v) is 13.0. The Morgan fingerprint density at radius 1 is 1.05 bits per heavy atom. The molecule has 0 unspecified atom stereocenters. The number of carbonyl (C=O) groups excluding carboxylic acids is 1. The number of ether oxygens (including phenoxy) is 2. The third kappa shape index (κ3) is 4.62. The van der Waals surface area contributed by atoms with E-state index in [2.05, 4.69) is 0 Å². The second-order valence-corrected chi connectivity index (χ2v) is 5.37. The van der Waals surface area contributed by atoms with Gasteiger partial charge in [0.05, 0.1) is 13.7 Å². The van der Waals surface area contributed by atoms with Crippen molar-refractivity contribution in [2.75, 3.05) is 20.0 Å². The van der Waals surface area contributed by atoms with E-state index in [-0.39, 0.29) is 12.4 Å². The first kappa shape index (κ1) is 15.6. The fourth-order valence-electron chi connectivity index (χ4n) is 1.84. The van der Waals surface area contributed by atoms with Crippen molar-refractivity contribution < 1.29 is 14.3 Å². The van der Waals surface area contributed by atoms with E-state index < -0.39 is 0 Å². The molecule has 4 heteroatoms. The van der Waals surface area contributed by atoms with Crippen molar-refractivity contribution >= 4 is 17.5 Å². The summed E-state index contributed by atoms with van der Waals surface area (Å²) in [6, 6.07) is 15.2. The normalized spacial score (nSPS) is 10.4. The minimum Gasteiger partial charge on any atom is -0.497 e. The third-order valence-corrected chi connectivity index (χ3v) is 3.82. The molecule has 0 radical (unpaired) electrons. The highest BCUT2D eigenvalue weighted by atomic mass is 32.2. The van der Waals surface area contributed by atoms with Crippen LogP contribution in [-0.4, -0.2) is 25.8 Å². The molecule has 2 rings (SSSR count). The summed E-state index contributed by atoms with van der Waals surface area (Å²) in [4.78, 5) is 13.1. The molecule has 0 aliphatic rings. The number of Topliss-reactive ketones (excluding diaryl/α,β-unsaturated/α-hetero) is 1. The number of methoxy groups -OCH3 is 1. The molecule has 0 spiro atoms. The lowest BCUT2D eigenvalue weighted by molar-refractivity contribution is 0.0726. The minimum atomic E-state index is -0.00355. The summed E-state index contributed by atoms with van der Waals surface area (Å²) in [5.74, 6) is 0.805. The Hall–Kier alpha value is -1.78. The van der Waals surface area contributed by atoms with Crippen LogP contribution in [0.1, 0.15) is 15.9 Å². The van der Waals surface area contributed by atoms with Gasteiger partial charge in [-0.1, -0.05) is 24.3 Å². The average Bonchev–Trinajstić information content (AvgIpc) is 2.55. The predicted octanol–water partition coefficient (Wildman–Crippen LogP) is 3.82. The second kappa shape index (κ2) is 7.86. The van der Waals surface area contributed by atoms with Gasteiger partial charge in [-0.3, -0.25) is 4.79 Å². The molecule has 0 amide bonds. The van der Waals surface area contributed by atoms with Crippen molar-refractivity contribution in [1.29, 1.82) is 0 Å². The highest BCUT2D eigenvalue weighted by Gasteiger charge is 2.06. The van der Waals surface area contributed by atoms with Gasteiger partial charge >= 0.3 is 0 Å². The van der Waals surface area contributed by atoms with E-state index in [4.69, 9.17) is 9.47 Å². The first-order valence-corrected chi connectivity index (χ1v) is 7.83. The lowest BCUT2D eigenvalue weighted by atomic mass is 10.1. The summed E-state index contributed by atoms with van der Waals surface area (Å²) >= 11 is 1.65. The van der Waals surface area contributed by atoms with E-state index in [0.717, 1.165) is 16.2 Å². The van der Waals surface area contributed by atoms with Crippen LogP contribution in [0.25, 0.3) is 0 Å². The van der Waals surface area contributed by atoms with E-state index in [0.29, 0.717) is 12.2 Å². The third-order valence-electron chi connectivity index (χ3n) is 3.07. The molecule has 21 heavy (non-hydrogen) atoms. The number of benzene rings is 2. The fraction of sp³-hybridized carbons (Fsp3) is 0.235. The molecule has 0 fully saturated rings. The molecular formula is C17H18O3S. The van der Waals surface area contributed by atoms with Gasteiger partial charge in [0, 0.05) is 10.5 Å². The highest BCUT2D eigenvalue weighted by molar-refractivity contribution is 7.98. The Labute approximate surface area is 129 Å². The van der Waals surface area contributed by atoms with Crippen LogP contribution >= 0.6 is 11.8 Å². The molecule has 0 saturated carbocycles. The van der Waals surface area contributed by atoms with Gasteiger partial charge in [0.1, 0.15) is 12.4 Å². The largest absolute Gasteiger partial charge is 0.497 e. The van der Waals surface area contributed by atoms with E-state index in [1.54, 1.807) is 18.9 Å². The second-order valence-electron chi connectivity index (χ2n) is 4.49. The quantitative estimate of drug-likeness (QED) is 0.575. The van der Waals surface area contributed by atoms with Gasteiger partial charge in [0.15, 0.2) is 5.78 Å². The van der Waals surface area contributed by atoms with Gasteiger partial charge < -0.3 is 9.47 Å². The minimum absolute atomic E-state index is 0.00355. The molecular weight excluding hydrogens is 284 g/mol. The predicted molar refractivity (Wildman–Crippen MR) is 85.2 cm³/mol. The van der Waals surface area contributed by atoms with E-state index in [9.17, 15) is 4.79 Å². The van der Waals surface area contributed by atoms with Crippen molar-refractivity contribution in [3.05, 3.63) is 59.7 Å². The lowest BCUT2D eigenvalue weighted by Crippen LogP contribution is -2.09. The van der Waals surface area contributed by atoms with Crippen LogP contribution in [0.3, 0.4) is 0 Å². The first-order valence-electron chi connectivity index (χ1n) is 6.61. The zero-order chi connectivity index (χ0) is 15.1. The molecule has 110 valence electrons. The van der Waals surface area contributed by atoms with Crippen LogP contribution in [0.4, 0.5) is 0 Å². The van der Waals surface area contributed by atoms with Crippen molar-refractivity contribution in [2.24, 2.45) is 0 Å². The molecule has 0 saturated heterocycles. The summed E-state index contributed by atoms with van der Waals surface area (Å²) in [6.45, 7) is 0.503. The Bertz CT molecular complexity index is 576. The maximum atomic E-state index is 12.0. The van der Waals surface area contributed by atoms with Gasteiger partial charge in [0.25, 0.3) is 0 Å². The number of ketones is 1. The smallest absolute Gasteiger partial charge is 0.188 e. The summed E-state index contributed by atoms with van der Waals surface area (Å²) < 4.78 is 10.6. The van der Waals surface area contributed by atoms with Gasteiger partial charge in [0.2, 0.25) is 0 Å². The Morgan fingerprint density at radius 3 is 2.29 bits per heavy atom. The topological polar surface area (TPSA) is 35.5 Å². The Kier molecular flexibility index (Phi) is 5.84. The summed E-state index contributed by atoms with van der Waals surface area (Å²) in [5.41, 5.74) is 1.70. The number of hydrogen-bond donors (Lipinski definition) is 0. The number of rotatable bonds is 7. The molecule has 0 heterocycles. The molecule has 0 bridgehead atoms. The first-order chi connectivity index (χ1) is 10.2. The fourth-order valence-corrected chi connectivity index (χ4v) is 2.25. The van der Waals surface area contributed by atoms with Crippen molar-refractivity contribution in [3.8, 4) is 5.75 Å². The average molecular weight is 302 g/mol. The van der Waals surface area contributed by atoms with Crippen molar-refractivity contribution in [2.45, 2.75) is 11.5 Å². The van der Waals surface area contributed by atoms with E-state index in [1.165, 1.54) is 0 Å². The maximum absolute atomic E-state index is 12.0. The Balaban J connectivity index is 1.82. The van der Waals surface area contributed by atoms with Crippen LogP contribution in [0.5, 0.6) is 5.75 Å². The molecule has 0 aliphatic heterocycles. The number of hydrogen-bond acceptors (Lipinski definition) is 4. The summed E-state index contributed by atoms with van der Waals surface area (Å²) in [6.07, 6.45) is 2.01. The molecule has 0 N–H and O–H groups in total. The standard InChI is InChI=1S/C17H18O3S/c1-19-15-7-3-13(4-8-15)11-20-12-17(18)14-5-9-16(21-2)10-6-14/h3-10H,11-12H2,1-2H3. The van der Waals surface area contributed by atoms with Gasteiger partial charge in [-0.15, -0.1) is 11.8 Å². The Morgan fingerprint density at radius 2 is 1.71 bits per heavy atom. The van der Waals surface area contributed by atoms with Crippen LogP contribution in [0, 0.1) is 0 Å². The summed E-state index contributed by atoms with van der Waals surface area (Å²) in [7, 11) is 1.63. The van der Waals surface area contributed by atoms with Crippen molar-refractivity contribution in [1.82, 2.24) is 0 Å². The van der Waals surface area contributed by atoms with Gasteiger partial charge in [-0.2, -0.15) is 0 Å². The van der Waals surface area contributed by atoms with E-state index in [1.807, 2.05) is 54.8 Å². The highest BCUT2D eigenvalue weighted by Crippen LogP contribution is 2.15. The molecule has 2 aromatic carbocycles. The van der Waals surface area contributed by atoms with Gasteiger partial charge in [-0.25, -0.2) is 0 Å². The SMILES string of the molecule is COc1ccc(COCC(=O)c2ccc(SC)cc2)cc1. The zero-order valence-electron chi connectivity index (χ0n) is 12.2. The maximum Gasteiger partial charge on any atom is 0.188 e. The monoisotopic (exact) mass is 302 g/mol. The summed E-state index contributed by atoms with van der Waals surface area (Å²) in [5, 5.41) is 0. The van der Waals surface area contributed by atoms with Crippen LogP contribution in [-0.2, 0) is 11.3 Å². The lowest BCUT2D eigenvalue weighted by Gasteiger charge is -2.06. The molecule has 3 nitrogen and oxygen atoms in total. The van der Waals surface area contributed by atoms with Gasteiger partial charge in [-0.05, 0) is 36.1 Å². The van der Waals surface area contributed by atoms with Crippen LogP contribution in [0.15, 0.2) is 53.4 Å². The van der Waals surface area contributed by atoms with Crippen LogP contribution < -0.4 is 4.74 Å². The van der Waals surface area contributed by atoms with Crippen molar-refractivity contribution in [3.63, 3.8) is 0 Å². The number of carbonyl (C=O) groups is 1. The van der Waals surface area contributed by atoms with E-state index >= 15 is 0 Å².